The zero-order chi connectivity index (χ0) is 12.0. The largest absolute Gasteiger partial charge is 0.246 e. The molecule has 2 rings (SSSR count). The molecule has 0 aliphatic carbocycles. The van der Waals surface area contributed by atoms with E-state index < -0.39 is 19.7 Å². The van der Waals surface area contributed by atoms with Crippen LogP contribution in [0.1, 0.15) is 12.8 Å². The molecule has 2 aliphatic heterocycles. The fourth-order valence-corrected chi connectivity index (χ4v) is 4.85. The number of hydrogen-bond donors (Lipinski definition) is 0. The van der Waals surface area contributed by atoms with E-state index in [1.165, 1.54) is 0 Å². The Bertz CT molecular complexity index is 559. The summed E-state index contributed by atoms with van der Waals surface area (Å²) in [5.74, 6) is -0.283. The Hall–Kier alpha value is -0.400. The Balaban J connectivity index is 2.20. The van der Waals surface area contributed by atoms with Crippen LogP contribution in [0.3, 0.4) is 0 Å². The van der Waals surface area contributed by atoms with Crippen molar-refractivity contribution in [2.45, 2.75) is 12.8 Å². The predicted octanol–water partition coefficient (Wildman–Crippen LogP) is 0.676. The molecule has 0 aromatic rings. The molecule has 0 N–H and O–H groups in total. The number of halogens is 1. The van der Waals surface area contributed by atoms with Crippen LogP contribution in [-0.2, 0) is 19.7 Å². The minimum Gasteiger partial charge on any atom is -0.246 e. The molecule has 1 fully saturated rings. The van der Waals surface area contributed by atoms with Crippen LogP contribution in [0.25, 0.3) is 0 Å². The predicted molar refractivity (Wildman–Crippen MR) is 61.7 cm³/mol. The molecule has 16 heavy (non-hydrogen) atoms. The van der Waals surface area contributed by atoms with Gasteiger partial charge in [-0.1, -0.05) is 11.6 Å². The van der Waals surface area contributed by atoms with Crippen molar-refractivity contribution in [2.75, 3.05) is 11.5 Å². The van der Waals surface area contributed by atoms with Crippen LogP contribution < -0.4 is 0 Å². The molecule has 0 atom stereocenters. The molecule has 5 nitrogen and oxygen atoms in total. The second kappa shape index (κ2) is 3.82. The summed E-state index contributed by atoms with van der Waals surface area (Å²) in [5, 5.41) is 0.0207. The van der Waals surface area contributed by atoms with Gasteiger partial charge in [0.15, 0.2) is 4.36 Å². The number of aliphatic imine (C=N–C) groups is 1. The van der Waals surface area contributed by atoms with Gasteiger partial charge in [-0.05, 0) is 12.8 Å². The number of rotatable bonds is 1. The first kappa shape index (κ1) is 12.1. The van der Waals surface area contributed by atoms with Crippen LogP contribution >= 0.6 is 11.6 Å². The first-order chi connectivity index (χ1) is 7.33. The second-order valence-corrected chi connectivity index (χ2v) is 8.63. The maximum absolute atomic E-state index is 11.7. The summed E-state index contributed by atoms with van der Waals surface area (Å²) in [6.45, 7) is 0. The molecule has 8 heteroatoms. The van der Waals surface area contributed by atoms with Gasteiger partial charge in [0.1, 0.15) is 14.9 Å². The molecule has 1 saturated heterocycles. The van der Waals surface area contributed by atoms with Gasteiger partial charge in [-0.25, -0.2) is 21.8 Å². The molecule has 2 heterocycles. The lowest BCUT2D eigenvalue weighted by molar-refractivity contribution is 0.548. The molecule has 0 radical (unpaired) electrons. The number of hydrogen-bond acceptors (Lipinski definition) is 5. The zero-order valence-electron chi connectivity index (χ0n) is 8.26. The third-order valence-electron chi connectivity index (χ3n) is 2.73. The summed E-state index contributed by atoms with van der Waals surface area (Å²) in [6.07, 6.45) is 1.71. The fourth-order valence-electron chi connectivity index (χ4n) is 1.81. The van der Waals surface area contributed by atoms with Gasteiger partial charge in [0.2, 0.25) is 9.84 Å². The molecule has 0 amide bonds. The normalized spacial score (nSPS) is 28.6. The summed E-state index contributed by atoms with van der Waals surface area (Å²) in [6, 6.07) is 0. The highest BCUT2D eigenvalue weighted by Gasteiger charge is 2.37. The van der Waals surface area contributed by atoms with Crippen molar-refractivity contribution in [1.82, 2.24) is 0 Å². The monoisotopic (exact) mass is 283 g/mol. The van der Waals surface area contributed by atoms with Gasteiger partial charge in [-0.15, -0.1) is 0 Å². The van der Waals surface area contributed by atoms with Gasteiger partial charge in [0.25, 0.3) is 0 Å². The van der Waals surface area contributed by atoms with E-state index in [9.17, 15) is 16.8 Å². The quantitative estimate of drug-likeness (QED) is 0.708. The summed E-state index contributed by atoms with van der Waals surface area (Å²) in [7, 11) is -6.62. The molecule has 0 spiro atoms. The van der Waals surface area contributed by atoms with Crippen LogP contribution in [0.4, 0.5) is 0 Å². The van der Waals surface area contributed by atoms with E-state index in [0.29, 0.717) is 12.8 Å². The Morgan fingerprint density at radius 2 is 1.75 bits per heavy atom. The SMILES string of the molecule is O=S1(=O)CCC(C2=NC=C(Cl)S2(=O)=O)CC1. The summed E-state index contributed by atoms with van der Waals surface area (Å²) < 4.78 is 45.5. The van der Waals surface area contributed by atoms with Crippen LogP contribution in [-0.4, -0.2) is 33.4 Å². The molecule has 0 aromatic carbocycles. The van der Waals surface area contributed by atoms with E-state index in [4.69, 9.17) is 11.6 Å². The molecule has 90 valence electrons. The minimum atomic E-state index is -3.62. The van der Waals surface area contributed by atoms with Crippen LogP contribution in [0.2, 0.25) is 0 Å². The van der Waals surface area contributed by atoms with Gasteiger partial charge in [-0.3, -0.25) is 0 Å². The number of nitrogens with zero attached hydrogens (tertiary/aromatic N) is 1. The smallest absolute Gasteiger partial charge is 0.232 e. The summed E-state index contributed by atoms with van der Waals surface area (Å²) in [5.41, 5.74) is 0. The van der Waals surface area contributed by atoms with E-state index in [1.807, 2.05) is 0 Å². The van der Waals surface area contributed by atoms with Crippen LogP contribution in [0.15, 0.2) is 15.6 Å². The minimum absolute atomic E-state index is 0.0177. The molecular weight excluding hydrogens is 274 g/mol. The summed E-state index contributed by atoms with van der Waals surface area (Å²) >= 11 is 5.51. The van der Waals surface area contributed by atoms with Gasteiger partial charge < -0.3 is 0 Å². The average Bonchev–Trinajstić information content (AvgIpc) is 2.43. The lowest BCUT2D eigenvalue weighted by atomic mass is 10.0. The summed E-state index contributed by atoms with van der Waals surface area (Å²) in [4.78, 5) is 3.78. The zero-order valence-corrected chi connectivity index (χ0v) is 10.6. The molecular formula is C8H10ClNO4S2. The standard InChI is InChI=1S/C8H10ClNO4S2/c9-7-5-10-8(16(7,13)14)6-1-3-15(11,12)4-2-6/h5-6H,1-4H2. The molecule has 0 unspecified atom stereocenters. The topological polar surface area (TPSA) is 80.6 Å². The molecule has 0 saturated carbocycles. The van der Waals surface area contributed by atoms with Gasteiger partial charge in [-0.2, -0.15) is 0 Å². The molecule has 2 aliphatic rings. The highest BCUT2D eigenvalue weighted by Crippen LogP contribution is 2.30. The van der Waals surface area contributed by atoms with Crippen molar-refractivity contribution in [2.24, 2.45) is 10.9 Å². The van der Waals surface area contributed by atoms with Crippen molar-refractivity contribution in [1.29, 1.82) is 0 Å². The van der Waals surface area contributed by atoms with E-state index in [0.717, 1.165) is 6.20 Å². The lowest BCUT2D eigenvalue weighted by Crippen LogP contribution is -2.31. The Morgan fingerprint density at radius 1 is 1.19 bits per heavy atom. The molecule has 0 bridgehead atoms. The van der Waals surface area contributed by atoms with Crippen molar-refractivity contribution in [3.8, 4) is 0 Å². The average molecular weight is 284 g/mol. The Morgan fingerprint density at radius 3 is 2.19 bits per heavy atom. The lowest BCUT2D eigenvalue weighted by Gasteiger charge is -2.21. The second-order valence-electron chi connectivity index (χ2n) is 3.83. The highest BCUT2D eigenvalue weighted by atomic mass is 35.5. The van der Waals surface area contributed by atoms with E-state index in [2.05, 4.69) is 4.99 Å². The Kier molecular flexibility index (Phi) is 2.88. The highest BCUT2D eigenvalue weighted by molar-refractivity contribution is 8.11. The third kappa shape index (κ3) is 2.03. The van der Waals surface area contributed by atoms with Crippen molar-refractivity contribution >= 4 is 36.3 Å². The van der Waals surface area contributed by atoms with E-state index in [1.54, 1.807) is 0 Å². The van der Waals surface area contributed by atoms with Crippen molar-refractivity contribution in [3.05, 3.63) is 10.6 Å². The van der Waals surface area contributed by atoms with Crippen molar-refractivity contribution < 1.29 is 16.8 Å². The van der Waals surface area contributed by atoms with Crippen LogP contribution in [0, 0.1) is 5.92 Å². The maximum Gasteiger partial charge on any atom is 0.232 e. The van der Waals surface area contributed by atoms with Crippen LogP contribution in [0.5, 0.6) is 0 Å². The third-order valence-corrected chi connectivity index (χ3v) is 6.76. The maximum atomic E-state index is 11.7. The first-order valence-electron chi connectivity index (χ1n) is 4.72. The van der Waals surface area contributed by atoms with E-state index in [-0.39, 0.29) is 26.8 Å². The van der Waals surface area contributed by atoms with E-state index >= 15 is 0 Å². The van der Waals surface area contributed by atoms with Gasteiger partial charge in [0, 0.05) is 5.92 Å². The van der Waals surface area contributed by atoms with Crippen molar-refractivity contribution in [3.63, 3.8) is 0 Å². The Labute approximate surface area is 99.0 Å². The van der Waals surface area contributed by atoms with Gasteiger partial charge in [0.05, 0.1) is 17.7 Å². The first-order valence-corrected chi connectivity index (χ1v) is 8.40. The van der Waals surface area contributed by atoms with Gasteiger partial charge >= 0.3 is 0 Å². The number of sulfone groups is 2. The molecule has 0 aromatic heterocycles. The fraction of sp³-hybridized carbons (Fsp3) is 0.625.